The van der Waals surface area contributed by atoms with E-state index in [1.165, 1.54) is 0 Å². The summed E-state index contributed by atoms with van der Waals surface area (Å²) in [4.78, 5) is 26.7. The molecule has 24 heavy (non-hydrogen) atoms. The Bertz CT molecular complexity index is 683. The molecule has 0 saturated carbocycles. The van der Waals surface area contributed by atoms with Gasteiger partial charge in [-0.05, 0) is 43.7 Å². The number of hydrogen-bond donors (Lipinski definition) is 3. The second kappa shape index (κ2) is 8.61. The third kappa shape index (κ3) is 4.52. The number of H-pyrrole nitrogens is 1. The Labute approximate surface area is 140 Å². The van der Waals surface area contributed by atoms with Crippen LogP contribution in [0.4, 0.5) is 0 Å². The second-order valence-electron chi connectivity index (χ2n) is 4.94. The fraction of sp³-hybridized carbons (Fsp3) is 0.294. The van der Waals surface area contributed by atoms with Gasteiger partial charge in [-0.1, -0.05) is 6.92 Å². The normalized spacial score (nSPS) is 10.1. The molecule has 0 radical (unpaired) electrons. The fourth-order valence-electron chi connectivity index (χ4n) is 1.97. The number of carbonyl (C=O) groups excluding carboxylic acids is 2. The van der Waals surface area contributed by atoms with E-state index in [1.807, 2.05) is 13.8 Å². The van der Waals surface area contributed by atoms with Gasteiger partial charge in [0.1, 0.15) is 5.69 Å². The summed E-state index contributed by atoms with van der Waals surface area (Å²) in [6, 6.07) is 8.19. The molecular weight excluding hydrogens is 310 g/mol. The largest absolute Gasteiger partial charge is 0.490 e. The lowest BCUT2D eigenvalue weighted by molar-refractivity contribution is 0.0844. The van der Waals surface area contributed by atoms with Crippen molar-refractivity contribution < 1.29 is 19.1 Å². The molecule has 0 aliphatic carbocycles. The Hall–Kier alpha value is -2.96. The Balaban J connectivity index is 2.03. The van der Waals surface area contributed by atoms with Gasteiger partial charge in [-0.3, -0.25) is 20.4 Å². The quantitative estimate of drug-likeness (QED) is 0.679. The Kier molecular flexibility index (Phi) is 6.24. The van der Waals surface area contributed by atoms with E-state index in [9.17, 15) is 9.59 Å². The van der Waals surface area contributed by atoms with E-state index >= 15 is 0 Å². The van der Waals surface area contributed by atoms with Crippen molar-refractivity contribution in [3.8, 4) is 11.5 Å². The molecule has 0 fully saturated rings. The van der Waals surface area contributed by atoms with E-state index < -0.39 is 11.8 Å². The van der Waals surface area contributed by atoms with Crippen LogP contribution in [0, 0.1) is 0 Å². The van der Waals surface area contributed by atoms with Crippen molar-refractivity contribution in [1.29, 1.82) is 0 Å². The van der Waals surface area contributed by atoms with Crippen molar-refractivity contribution in [3.05, 3.63) is 47.8 Å². The average Bonchev–Trinajstić information content (AvgIpc) is 3.13. The number of nitrogens with one attached hydrogen (secondary N) is 3. The van der Waals surface area contributed by atoms with Crippen LogP contribution in [-0.4, -0.2) is 30.0 Å². The first-order valence-corrected chi connectivity index (χ1v) is 7.79. The highest BCUT2D eigenvalue weighted by Crippen LogP contribution is 2.28. The summed E-state index contributed by atoms with van der Waals surface area (Å²) < 4.78 is 11.1. The van der Waals surface area contributed by atoms with Gasteiger partial charge in [0, 0.05) is 11.8 Å². The molecule has 7 nitrogen and oxygen atoms in total. The van der Waals surface area contributed by atoms with Crippen molar-refractivity contribution in [1.82, 2.24) is 15.8 Å². The average molecular weight is 331 g/mol. The maximum Gasteiger partial charge on any atom is 0.286 e. The number of rotatable bonds is 7. The van der Waals surface area contributed by atoms with Gasteiger partial charge in [-0.25, -0.2) is 0 Å². The van der Waals surface area contributed by atoms with E-state index in [4.69, 9.17) is 9.47 Å². The van der Waals surface area contributed by atoms with Crippen LogP contribution in [0.15, 0.2) is 36.5 Å². The third-order valence-corrected chi connectivity index (χ3v) is 3.10. The summed E-state index contributed by atoms with van der Waals surface area (Å²) >= 11 is 0. The van der Waals surface area contributed by atoms with Crippen LogP contribution in [0.3, 0.4) is 0 Å². The molecule has 3 N–H and O–H groups in total. The number of hydrogen-bond acceptors (Lipinski definition) is 4. The smallest absolute Gasteiger partial charge is 0.286 e. The first-order chi connectivity index (χ1) is 11.7. The van der Waals surface area contributed by atoms with Crippen LogP contribution in [-0.2, 0) is 0 Å². The van der Waals surface area contributed by atoms with Gasteiger partial charge < -0.3 is 14.5 Å². The lowest BCUT2D eigenvalue weighted by atomic mass is 10.2. The minimum atomic E-state index is -0.446. The minimum Gasteiger partial charge on any atom is -0.490 e. The lowest BCUT2D eigenvalue weighted by Crippen LogP contribution is -2.41. The molecule has 2 amide bonds. The van der Waals surface area contributed by atoms with Gasteiger partial charge in [0.05, 0.1) is 13.2 Å². The summed E-state index contributed by atoms with van der Waals surface area (Å²) in [5.74, 6) is 0.208. The molecule has 7 heteroatoms. The first-order valence-electron chi connectivity index (χ1n) is 7.79. The molecule has 1 aromatic heterocycles. The number of ether oxygens (including phenoxy) is 2. The molecule has 1 aromatic carbocycles. The van der Waals surface area contributed by atoms with E-state index in [1.54, 1.807) is 36.5 Å². The molecule has 0 aliphatic rings. The third-order valence-electron chi connectivity index (χ3n) is 3.10. The molecule has 128 valence electrons. The van der Waals surface area contributed by atoms with Crippen molar-refractivity contribution in [2.45, 2.75) is 20.3 Å². The van der Waals surface area contributed by atoms with Crippen LogP contribution in [0.1, 0.15) is 41.1 Å². The zero-order valence-electron chi connectivity index (χ0n) is 13.7. The molecule has 0 spiro atoms. The first kappa shape index (κ1) is 17.4. The van der Waals surface area contributed by atoms with Gasteiger partial charge in [0.15, 0.2) is 11.5 Å². The number of amides is 2. The summed E-state index contributed by atoms with van der Waals surface area (Å²) in [7, 11) is 0. The van der Waals surface area contributed by atoms with Crippen molar-refractivity contribution >= 4 is 11.8 Å². The fourth-order valence-corrected chi connectivity index (χ4v) is 1.97. The van der Waals surface area contributed by atoms with E-state index in [0.717, 1.165) is 6.42 Å². The van der Waals surface area contributed by atoms with Gasteiger partial charge in [-0.15, -0.1) is 0 Å². The van der Waals surface area contributed by atoms with Gasteiger partial charge in [0.25, 0.3) is 11.8 Å². The highest BCUT2D eigenvalue weighted by atomic mass is 16.5. The predicted octanol–water partition coefficient (Wildman–Crippen LogP) is 2.28. The number of hydrazine groups is 1. The van der Waals surface area contributed by atoms with Gasteiger partial charge in [-0.2, -0.15) is 0 Å². The Morgan fingerprint density at radius 2 is 1.83 bits per heavy atom. The Morgan fingerprint density at radius 1 is 1.04 bits per heavy atom. The molecule has 2 rings (SSSR count). The highest BCUT2D eigenvalue weighted by molar-refractivity contribution is 5.98. The molecular formula is C17H21N3O4. The van der Waals surface area contributed by atoms with Crippen LogP contribution >= 0.6 is 0 Å². The molecule has 0 aliphatic heterocycles. The molecule has 0 saturated heterocycles. The van der Waals surface area contributed by atoms with Crippen molar-refractivity contribution in [2.75, 3.05) is 13.2 Å². The van der Waals surface area contributed by atoms with Gasteiger partial charge in [0.2, 0.25) is 0 Å². The lowest BCUT2D eigenvalue weighted by Gasteiger charge is -2.13. The Morgan fingerprint density at radius 3 is 2.50 bits per heavy atom. The molecule has 0 atom stereocenters. The number of aromatic amines is 1. The summed E-state index contributed by atoms with van der Waals surface area (Å²) in [5, 5.41) is 0. The zero-order valence-corrected chi connectivity index (χ0v) is 13.7. The predicted molar refractivity (Wildman–Crippen MR) is 89.1 cm³/mol. The SMILES string of the molecule is CCCOc1ccc(C(=O)NNC(=O)c2ccc[nH]2)cc1OCC. The summed E-state index contributed by atoms with van der Waals surface area (Å²) in [6.07, 6.45) is 2.50. The van der Waals surface area contributed by atoms with Crippen LogP contribution in [0.2, 0.25) is 0 Å². The molecule has 0 unspecified atom stereocenters. The zero-order chi connectivity index (χ0) is 17.4. The number of aromatic nitrogens is 1. The molecule has 1 heterocycles. The topological polar surface area (TPSA) is 92.5 Å². The number of benzene rings is 1. The highest BCUT2D eigenvalue weighted by Gasteiger charge is 2.13. The van der Waals surface area contributed by atoms with Crippen LogP contribution < -0.4 is 20.3 Å². The van der Waals surface area contributed by atoms with E-state index in [-0.39, 0.29) is 0 Å². The monoisotopic (exact) mass is 331 g/mol. The van der Waals surface area contributed by atoms with Crippen LogP contribution in [0.5, 0.6) is 11.5 Å². The molecule has 2 aromatic rings. The van der Waals surface area contributed by atoms with Crippen LogP contribution in [0.25, 0.3) is 0 Å². The van der Waals surface area contributed by atoms with Crippen molar-refractivity contribution in [2.24, 2.45) is 0 Å². The van der Waals surface area contributed by atoms with Gasteiger partial charge >= 0.3 is 0 Å². The standard InChI is InChI=1S/C17H21N3O4/c1-3-10-24-14-8-7-12(11-15(14)23-4-2)16(21)19-20-17(22)13-6-5-9-18-13/h5-9,11,18H,3-4,10H2,1-2H3,(H,19,21)(H,20,22). The summed E-state index contributed by atoms with van der Waals surface area (Å²) in [6.45, 7) is 4.89. The molecule has 0 bridgehead atoms. The minimum absolute atomic E-state index is 0.355. The number of carbonyl (C=O) groups is 2. The van der Waals surface area contributed by atoms with E-state index in [0.29, 0.717) is 36.0 Å². The second-order valence-corrected chi connectivity index (χ2v) is 4.94. The summed E-state index contributed by atoms with van der Waals surface area (Å²) in [5.41, 5.74) is 5.42. The maximum atomic E-state index is 12.2. The maximum absolute atomic E-state index is 12.2. The van der Waals surface area contributed by atoms with Crippen molar-refractivity contribution in [3.63, 3.8) is 0 Å². The van der Waals surface area contributed by atoms with E-state index in [2.05, 4.69) is 15.8 Å².